The molecule has 2 aromatic carbocycles. The molecule has 4 rings (SSSR count). The van der Waals surface area contributed by atoms with E-state index in [-0.39, 0.29) is 12.5 Å². The molecule has 0 bridgehead atoms. The molecule has 2 aliphatic heterocycles. The van der Waals surface area contributed by atoms with Gasteiger partial charge in [-0.25, -0.2) is 8.42 Å². The molecule has 1 amide bonds. The first-order valence-electron chi connectivity index (χ1n) is 9.27. The Kier molecular flexibility index (Phi) is 5.31. The van der Waals surface area contributed by atoms with Crippen LogP contribution in [0.5, 0.6) is 5.75 Å². The summed E-state index contributed by atoms with van der Waals surface area (Å²) in [4.78, 5) is 14.6. The molecule has 0 spiro atoms. The normalized spacial score (nSPS) is 17.0. The highest BCUT2D eigenvalue weighted by Crippen LogP contribution is 2.32. The predicted octanol–water partition coefficient (Wildman–Crippen LogP) is 3.09. The van der Waals surface area contributed by atoms with Crippen molar-refractivity contribution in [3.63, 3.8) is 0 Å². The molecule has 1 fully saturated rings. The molecule has 0 unspecified atom stereocenters. The maximum absolute atomic E-state index is 12.8. The maximum Gasteiger partial charge on any atom is 0.264 e. The zero-order valence-electron chi connectivity index (χ0n) is 15.3. The predicted molar refractivity (Wildman–Crippen MR) is 107 cm³/mol. The summed E-state index contributed by atoms with van der Waals surface area (Å²) in [6, 6.07) is 12.0. The van der Waals surface area contributed by atoms with Crippen molar-refractivity contribution in [3.05, 3.63) is 53.1 Å². The Morgan fingerprint density at radius 3 is 2.57 bits per heavy atom. The van der Waals surface area contributed by atoms with Crippen LogP contribution in [0.4, 0.5) is 5.69 Å². The molecular weight excluding hydrogens is 400 g/mol. The fourth-order valence-corrected chi connectivity index (χ4v) is 5.41. The number of nitrogens with zero attached hydrogens (tertiary/aromatic N) is 2. The number of rotatable bonds is 5. The minimum absolute atomic E-state index is 0.128. The van der Waals surface area contributed by atoms with Crippen LogP contribution < -0.4 is 9.64 Å². The highest BCUT2D eigenvalue weighted by atomic mass is 35.5. The molecule has 6 nitrogen and oxygen atoms in total. The van der Waals surface area contributed by atoms with Crippen molar-refractivity contribution in [1.82, 2.24) is 4.31 Å². The number of anilines is 1. The van der Waals surface area contributed by atoms with Gasteiger partial charge >= 0.3 is 0 Å². The average Bonchev–Trinajstić information content (AvgIpc) is 3.37. The van der Waals surface area contributed by atoms with Gasteiger partial charge in [0.1, 0.15) is 5.75 Å². The summed E-state index contributed by atoms with van der Waals surface area (Å²) in [5.41, 5.74) is 1.61. The molecule has 2 aromatic rings. The summed E-state index contributed by atoms with van der Waals surface area (Å²) in [6.45, 7) is 1.52. The second-order valence-electron chi connectivity index (χ2n) is 6.92. The van der Waals surface area contributed by atoms with Crippen molar-refractivity contribution in [2.24, 2.45) is 0 Å². The van der Waals surface area contributed by atoms with E-state index < -0.39 is 10.0 Å². The number of carbonyl (C=O) groups excluding carboxylic acids is 1. The molecule has 0 aliphatic carbocycles. The third-order valence-corrected chi connectivity index (χ3v) is 7.35. The molecule has 8 heteroatoms. The van der Waals surface area contributed by atoms with Gasteiger partial charge in [0.2, 0.25) is 10.0 Å². The Morgan fingerprint density at radius 1 is 1.07 bits per heavy atom. The molecule has 0 aromatic heterocycles. The van der Waals surface area contributed by atoms with Crippen LogP contribution in [-0.4, -0.2) is 44.9 Å². The summed E-state index contributed by atoms with van der Waals surface area (Å²) < 4.78 is 32.6. The number of para-hydroxylation sites is 1. The minimum atomic E-state index is -3.46. The number of halogens is 1. The molecule has 0 radical (unpaired) electrons. The molecule has 0 N–H and O–H groups in total. The summed E-state index contributed by atoms with van der Waals surface area (Å²) >= 11 is 6.05. The van der Waals surface area contributed by atoms with Gasteiger partial charge in [-0.2, -0.15) is 4.31 Å². The van der Waals surface area contributed by atoms with Crippen molar-refractivity contribution in [1.29, 1.82) is 0 Å². The van der Waals surface area contributed by atoms with E-state index in [1.165, 1.54) is 4.31 Å². The van der Waals surface area contributed by atoms with Gasteiger partial charge in [-0.3, -0.25) is 4.79 Å². The first-order valence-corrected chi connectivity index (χ1v) is 11.1. The molecule has 1 saturated heterocycles. The van der Waals surface area contributed by atoms with Crippen LogP contribution in [0, 0.1) is 0 Å². The molecule has 0 saturated carbocycles. The van der Waals surface area contributed by atoms with Gasteiger partial charge < -0.3 is 9.64 Å². The summed E-state index contributed by atoms with van der Waals surface area (Å²) in [7, 11) is -3.46. The zero-order chi connectivity index (χ0) is 19.7. The highest BCUT2D eigenvalue weighted by Gasteiger charge is 2.30. The van der Waals surface area contributed by atoms with Gasteiger partial charge in [0.25, 0.3) is 5.91 Å². The van der Waals surface area contributed by atoms with Gasteiger partial charge in [0, 0.05) is 25.3 Å². The summed E-state index contributed by atoms with van der Waals surface area (Å²) in [5, 5.41) is 0.453. The Labute approximate surface area is 169 Å². The molecule has 2 heterocycles. The quantitative estimate of drug-likeness (QED) is 0.745. The lowest BCUT2D eigenvalue weighted by molar-refractivity contribution is -0.120. The number of hydrogen-bond acceptors (Lipinski definition) is 4. The fourth-order valence-electron chi connectivity index (χ4n) is 3.65. The Morgan fingerprint density at radius 2 is 1.82 bits per heavy atom. The van der Waals surface area contributed by atoms with Crippen molar-refractivity contribution in [2.75, 3.05) is 31.1 Å². The van der Waals surface area contributed by atoms with E-state index in [0.29, 0.717) is 41.7 Å². The van der Waals surface area contributed by atoms with E-state index in [4.69, 9.17) is 16.3 Å². The molecule has 148 valence electrons. The number of hydrogen-bond donors (Lipinski definition) is 0. The second-order valence-corrected chi connectivity index (χ2v) is 9.26. The van der Waals surface area contributed by atoms with E-state index in [9.17, 15) is 13.2 Å². The van der Waals surface area contributed by atoms with E-state index >= 15 is 0 Å². The summed E-state index contributed by atoms with van der Waals surface area (Å²) in [6.07, 6.45) is 2.42. The van der Waals surface area contributed by atoms with Gasteiger partial charge in [-0.15, -0.1) is 0 Å². The van der Waals surface area contributed by atoms with Crippen molar-refractivity contribution in [3.8, 4) is 5.75 Å². The van der Waals surface area contributed by atoms with Gasteiger partial charge in [-0.05, 0) is 55.2 Å². The van der Waals surface area contributed by atoms with Crippen LogP contribution >= 0.6 is 11.6 Å². The van der Waals surface area contributed by atoms with Crippen LogP contribution in [0.1, 0.15) is 18.4 Å². The average molecular weight is 421 g/mol. The molecule has 2 aliphatic rings. The lowest BCUT2D eigenvalue weighted by Crippen LogP contribution is -2.33. The van der Waals surface area contributed by atoms with Crippen LogP contribution in [0.3, 0.4) is 0 Å². The monoisotopic (exact) mass is 420 g/mol. The number of amides is 1. The van der Waals surface area contributed by atoms with Crippen molar-refractivity contribution in [2.45, 2.75) is 24.2 Å². The standard InChI is InChI=1S/C20H21ClN2O4S/c21-17-5-1-2-6-19(17)27-14-20(24)23-12-9-15-13-16(7-8-18(15)23)28(25,26)22-10-3-4-11-22/h1-2,5-8,13H,3-4,9-12,14H2. The van der Waals surface area contributed by atoms with E-state index in [1.54, 1.807) is 47.4 Å². The van der Waals surface area contributed by atoms with Crippen molar-refractivity contribution >= 4 is 33.2 Å². The maximum atomic E-state index is 12.8. The third kappa shape index (κ3) is 3.62. The van der Waals surface area contributed by atoms with Crippen LogP contribution in [0.2, 0.25) is 5.02 Å². The zero-order valence-corrected chi connectivity index (χ0v) is 16.9. The van der Waals surface area contributed by atoms with Gasteiger partial charge in [-0.1, -0.05) is 23.7 Å². The van der Waals surface area contributed by atoms with Crippen molar-refractivity contribution < 1.29 is 17.9 Å². The van der Waals surface area contributed by atoms with Crippen LogP contribution in [0.15, 0.2) is 47.4 Å². The van der Waals surface area contributed by atoms with E-state index in [2.05, 4.69) is 0 Å². The smallest absolute Gasteiger partial charge is 0.264 e. The minimum Gasteiger partial charge on any atom is -0.482 e. The lowest BCUT2D eigenvalue weighted by Gasteiger charge is -2.19. The molecule has 28 heavy (non-hydrogen) atoms. The van der Waals surface area contributed by atoms with Gasteiger partial charge in [0.05, 0.1) is 9.92 Å². The van der Waals surface area contributed by atoms with Crippen LogP contribution in [-0.2, 0) is 21.2 Å². The number of fused-ring (bicyclic) bond motifs is 1. The topological polar surface area (TPSA) is 66.9 Å². The SMILES string of the molecule is O=C(COc1ccccc1Cl)N1CCc2cc(S(=O)(=O)N3CCCC3)ccc21. The first-order chi connectivity index (χ1) is 13.5. The van der Waals surface area contributed by atoms with Gasteiger partial charge in [0.15, 0.2) is 6.61 Å². The number of carbonyl (C=O) groups is 1. The van der Waals surface area contributed by atoms with E-state index in [1.807, 2.05) is 0 Å². The second kappa shape index (κ2) is 7.73. The lowest BCUT2D eigenvalue weighted by atomic mass is 10.2. The highest BCUT2D eigenvalue weighted by molar-refractivity contribution is 7.89. The number of sulfonamides is 1. The van der Waals surface area contributed by atoms with E-state index in [0.717, 1.165) is 24.1 Å². The summed E-state index contributed by atoms with van der Waals surface area (Å²) in [5.74, 6) is 0.276. The molecule has 0 atom stereocenters. The molecular formula is C20H21ClN2O4S. The fraction of sp³-hybridized carbons (Fsp3) is 0.350. The number of ether oxygens (including phenoxy) is 1. The Bertz CT molecular complexity index is 1000. The number of benzene rings is 2. The largest absolute Gasteiger partial charge is 0.482 e. The third-order valence-electron chi connectivity index (χ3n) is 5.14. The Balaban J connectivity index is 1.49. The van der Waals surface area contributed by atoms with Crippen LogP contribution in [0.25, 0.3) is 0 Å². The first kappa shape index (κ1) is 19.2. The Hall–Kier alpha value is -2.09.